The summed E-state index contributed by atoms with van der Waals surface area (Å²) >= 11 is 0. The Labute approximate surface area is 143 Å². The van der Waals surface area contributed by atoms with E-state index in [1.807, 2.05) is 12.1 Å². The highest BCUT2D eigenvalue weighted by Gasteiger charge is 2.14. The number of nitrogen functional groups attached to an aromatic ring is 1. The Morgan fingerprint density at radius 2 is 2.00 bits per heavy atom. The first kappa shape index (κ1) is 16.3. The normalized spacial score (nSPS) is 12.2. The molecule has 7 heteroatoms. The molecule has 2 heterocycles. The van der Waals surface area contributed by atoms with Gasteiger partial charge in [0.25, 0.3) is 5.91 Å². The summed E-state index contributed by atoms with van der Waals surface area (Å²) in [5, 5.41) is 13.1. The third kappa shape index (κ3) is 3.66. The van der Waals surface area contributed by atoms with Gasteiger partial charge in [0, 0.05) is 23.3 Å². The van der Waals surface area contributed by atoms with Crippen molar-refractivity contribution in [2.24, 2.45) is 0 Å². The quantitative estimate of drug-likeness (QED) is 0.588. The molecule has 1 amide bonds. The third-order valence-electron chi connectivity index (χ3n) is 3.51. The number of hydrogen-bond donors (Lipinski definition) is 3. The van der Waals surface area contributed by atoms with Crippen LogP contribution in [0.4, 0.5) is 11.4 Å². The molecular formula is C18H15N3O4. The van der Waals surface area contributed by atoms with E-state index in [1.165, 1.54) is 6.20 Å². The molecule has 0 atom stereocenters. The number of nitrogens with two attached hydrogens (primary N) is 1. The number of benzene rings is 2. The molecule has 0 unspecified atom stereocenters. The van der Waals surface area contributed by atoms with Crippen LogP contribution in [0.25, 0.3) is 10.8 Å². The van der Waals surface area contributed by atoms with Gasteiger partial charge in [0.2, 0.25) is 0 Å². The number of aromatic carboxylic acids is 1. The molecule has 25 heavy (non-hydrogen) atoms. The highest BCUT2D eigenvalue weighted by molar-refractivity contribution is 6.01. The molecule has 0 radical (unpaired) electrons. The summed E-state index contributed by atoms with van der Waals surface area (Å²) in [6.07, 6.45) is 1.51. The first-order valence-electron chi connectivity index (χ1n) is 7.44. The van der Waals surface area contributed by atoms with Crippen molar-refractivity contribution < 1.29 is 19.4 Å². The molecule has 7 nitrogen and oxygen atoms in total. The third-order valence-corrected chi connectivity index (χ3v) is 3.51. The SMILES string of the molecule is Nc1ccc2c(c1)OCC(=O)N2.O=C(O)c1nccc2ccccc12. The Hall–Kier alpha value is -3.61. The van der Waals surface area contributed by atoms with E-state index in [0.29, 0.717) is 22.5 Å². The number of amides is 1. The largest absolute Gasteiger partial charge is 0.482 e. The van der Waals surface area contributed by atoms with Crippen molar-refractivity contribution in [3.8, 4) is 5.75 Å². The minimum absolute atomic E-state index is 0.0659. The van der Waals surface area contributed by atoms with Gasteiger partial charge in [-0.25, -0.2) is 9.78 Å². The molecule has 4 rings (SSSR count). The summed E-state index contributed by atoms with van der Waals surface area (Å²) in [4.78, 5) is 25.4. The Morgan fingerprint density at radius 3 is 2.80 bits per heavy atom. The molecule has 0 spiro atoms. The van der Waals surface area contributed by atoms with Crippen molar-refractivity contribution >= 4 is 34.0 Å². The topological polar surface area (TPSA) is 115 Å². The maximum atomic E-state index is 10.8. The van der Waals surface area contributed by atoms with Crippen LogP contribution >= 0.6 is 0 Å². The van der Waals surface area contributed by atoms with Crippen molar-refractivity contribution in [1.29, 1.82) is 0 Å². The van der Waals surface area contributed by atoms with E-state index in [9.17, 15) is 9.59 Å². The smallest absolute Gasteiger partial charge is 0.355 e. The van der Waals surface area contributed by atoms with Crippen molar-refractivity contribution in [3.05, 3.63) is 60.4 Å². The summed E-state index contributed by atoms with van der Waals surface area (Å²) in [6.45, 7) is 0.0659. The summed E-state index contributed by atoms with van der Waals surface area (Å²) in [7, 11) is 0. The number of rotatable bonds is 1. The molecule has 1 aliphatic rings. The predicted octanol–water partition coefficient (Wildman–Crippen LogP) is 2.53. The average Bonchev–Trinajstić information content (AvgIpc) is 2.62. The van der Waals surface area contributed by atoms with Gasteiger partial charge < -0.3 is 20.9 Å². The number of hydrogen-bond acceptors (Lipinski definition) is 5. The van der Waals surface area contributed by atoms with Crippen LogP contribution < -0.4 is 15.8 Å². The summed E-state index contributed by atoms with van der Waals surface area (Å²) < 4.78 is 5.12. The minimum atomic E-state index is -0.989. The fraction of sp³-hybridized carbons (Fsp3) is 0.0556. The molecule has 1 aliphatic heterocycles. The van der Waals surface area contributed by atoms with Crippen LogP contribution in [0.3, 0.4) is 0 Å². The monoisotopic (exact) mass is 337 g/mol. The second-order valence-corrected chi connectivity index (χ2v) is 5.28. The minimum Gasteiger partial charge on any atom is -0.482 e. The molecule has 126 valence electrons. The van der Waals surface area contributed by atoms with E-state index in [1.54, 1.807) is 36.4 Å². The Morgan fingerprint density at radius 1 is 1.20 bits per heavy atom. The van der Waals surface area contributed by atoms with Crippen molar-refractivity contribution in [2.75, 3.05) is 17.7 Å². The lowest BCUT2D eigenvalue weighted by molar-refractivity contribution is -0.118. The number of anilines is 2. The molecule has 0 saturated heterocycles. The van der Waals surface area contributed by atoms with Gasteiger partial charge in [0.05, 0.1) is 5.69 Å². The molecular weight excluding hydrogens is 322 g/mol. The molecule has 3 aromatic rings. The summed E-state index contributed by atoms with van der Waals surface area (Å²) in [5.41, 5.74) is 6.94. The van der Waals surface area contributed by atoms with E-state index in [0.717, 1.165) is 5.39 Å². The van der Waals surface area contributed by atoms with E-state index in [2.05, 4.69) is 10.3 Å². The van der Waals surface area contributed by atoms with Gasteiger partial charge in [-0.1, -0.05) is 24.3 Å². The second-order valence-electron chi connectivity index (χ2n) is 5.28. The predicted molar refractivity (Wildman–Crippen MR) is 93.7 cm³/mol. The maximum Gasteiger partial charge on any atom is 0.355 e. The second kappa shape index (κ2) is 6.88. The highest BCUT2D eigenvalue weighted by atomic mass is 16.5. The fourth-order valence-corrected chi connectivity index (χ4v) is 2.38. The zero-order chi connectivity index (χ0) is 17.8. The van der Waals surface area contributed by atoms with Crippen molar-refractivity contribution in [1.82, 2.24) is 4.98 Å². The lowest BCUT2D eigenvalue weighted by Crippen LogP contribution is -2.25. The van der Waals surface area contributed by atoms with Gasteiger partial charge >= 0.3 is 5.97 Å². The van der Waals surface area contributed by atoms with Gasteiger partial charge in [0.1, 0.15) is 5.75 Å². The van der Waals surface area contributed by atoms with Crippen LogP contribution in [0.1, 0.15) is 10.5 Å². The number of carbonyl (C=O) groups excluding carboxylic acids is 1. The van der Waals surface area contributed by atoms with Crippen LogP contribution in [0.15, 0.2) is 54.7 Å². The number of carboxylic acids is 1. The number of carbonyl (C=O) groups is 2. The van der Waals surface area contributed by atoms with E-state index >= 15 is 0 Å². The van der Waals surface area contributed by atoms with Crippen molar-refractivity contribution in [2.45, 2.75) is 0 Å². The number of aromatic nitrogens is 1. The molecule has 0 bridgehead atoms. The standard InChI is InChI=1S/C10H7NO2.C8H8N2O2/c12-10(13)9-8-4-2-1-3-7(8)5-6-11-9;9-5-1-2-6-7(3-5)12-4-8(11)10-6/h1-6H,(H,12,13);1-3H,4,9H2,(H,10,11). The van der Waals surface area contributed by atoms with Crippen LogP contribution in [0, 0.1) is 0 Å². The first-order valence-corrected chi connectivity index (χ1v) is 7.44. The summed E-state index contributed by atoms with van der Waals surface area (Å²) in [6, 6.07) is 14.2. The number of fused-ring (bicyclic) bond motifs is 2. The molecule has 0 saturated carbocycles. The highest BCUT2D eigenvalue weighted by Crippen LogP contribution is 2.29. The van der Waals surface area contributed by atoms with Gasteiger partial charge in [0.15, 0.2) is 12.3 Å². The molecule has 0 fully saturated rings. The van der Waals surface area contributed by atoms with E-state index in [-0.39, 0.29) is 18.2 Å². The first-order chi connectivity index (χ1) is 12.0. The van der Waals surface area contributed by atoms with Crippen LogP contribution in [-0.2, 0) is 4.79 Å². The average molecular weight is 337 g/mol. The van der Waals surface area contributed by atoms with E-state index in [4.69, 9.17) is 15.6 Å². The van der Waals surface area contributed by atoms with E-state index < -0.39 is 5.97 Å². The Balaban J connectivity index is 0.000000146. The summed E-state index contributed by atoms with van der Waals surface area (Å²) in [5.74, 6) is -0.487. The molecule has 2 aromatic carbocycles. The number of ether oxygens (including phenoxy) is 1. The van der Waals surface area contributed by atoms with Gasteiger partial charge in [-0.3, -0.25) is 4.79 Å². The number of carboxylic acid groups (broad SMARTS) is 1. The zero-order valence-electron chi connectivity index (χ0n) is 13.1. The van der Waals surface area contributed by atoms with Crippen LogP contribution in [-0.4, -0.2) is 28.6 Å². The fourth-order valence-electron chi connectivity index (χ4n) is 2.38. The van der Waals surface area contributed by atoms with Crippen LogP contribution in [0.2, 0.25) is 0 Å². The zero-order valence-corrected chi connectivity index (χ0v) is 13.1. The van der Waals surface area contributed by atoms with Gasteiger partial charge in [-0.15, -0.1) is 0 Å². The van der Waals surface area contributed by atoms with Crippen LogP contribution in [0.5, 0.6) is 5.75 Å². The number of nitrogens with zero attached hydrogens (tertiary/aromatic N) is 1. The number of nitrogens with one attached hydrogen (secondary N) is 1. The van der Waals surface area contributed by atoms with Gasteiger partial charge in [-0.05, 0) is 23.6 Å². The Kier molecular flexibility index (Phi) is 4.47. The molecule has 0 aliphatic carbocycles. The van der Waals surface area contributed by atoms with Crippen molar-refractivity contribution in [3.63, 3.8) is 0 Å². The lowest BCUT2D eigenvalue weighted by atomic mass is 10.1. The molecule has 4 N–H and O–H groups in total. The lowest BCUT2D eigenvalue weighted by Gasteiger charge is -2.17. The number of pyridine rings is 1. The molecule has 1 aromatic heterocycles. The van der Waals surface area contributed by atoms with Gasteiger partial charge in [-0.2, -0.15) is 0 Å². The Bertz CT molecular complexity index is 951. The maximum absolute atomic E-state index is 10.8.